The van der Waals surface area contributed by atoms with Crippen molar-refractivity contribution in [2.45, 2.75) is 33.4 Å². The molecule has 1 aromatic carbocycles. The van der Waals surface area contributed by atoms with E-state index in [1.807, 2.05) is 0 Å². The van der Waals surface area contributed by atoms with Crippen molar-refractivity contribution in [1.82, 2.24) is 9.80 Å². The van der Waals surface area contributed by atoms with E-state index in [9.17, 15) is 19.1 Å². The fraction of sp³-hybridized carbons (Fsp3) is 0.500. The summed E-state index contributed by atoms with van der Waals surface area (Å²) < 4.78 is 13.2. The maximum Gasteiger partial charge on any atom is 0.327 e. The molecule has 0 aromatic heterocycles. The highest BCUT2D eigenvalue weighted by atomic mass is 19.1. The highest BCUT2D eigenvalue weighted by Crippen LogP contribution is 2.28. The molecule has 120 valence electrons. The Balaban J connectivity index is 2.14. The Morgan fingerprint density at radius 2 is 2.05 bits per heavy atom. The summed E-state index contributed by atoms with van der Waals surface area (Å²) in [6.45, 7) is 6.48. The molecule has 0 unspecified atom stereocenters. The Kier molecular flexibility index (Phi) is 4.39. The summed E-state index contributed by atoms with van der Waals surface area (Å²) in [5.74, 6) is -1.35. The van der Waals surface area contributed by atoms with Gasteiger partial charge in [-0.1, -0.05) is 32.9 Å². The summed E-state index contributed by atoms with van der Waals surface area (Å²) in [6, 6.07) is 4.88. The van der Waals surface area contributed by atoms with Gasteiger partial charge in [-0.15, -0.1) is 0 Å². The lowest BCUT2D eigenvalue weighted by atomic mass is 9.86. The summed E-state index contributed by atoms with van der Waals surface area (Å²) in [6.07, 6.45) is 0. The third kappa shape index (κ3) is 3.37. The second-order valence-electron chi connectivity index (χ2n) is 6.63. The predicted molar refractivity (Wildman–Crippen MR) is 79.8 cm³/mol. The molecule has 2 rings (SSSR count). The topological polar surface area (TPSA) is 60.9 Å². The number of aliphatic carboxylic acids is 1. The highest BCUT2D eigenvalue weighted by Gasteiger charge is 2.43. The Morgan fingerprint density at radius 3 is 2.59 bits per heavy atom. The van der Waals surface area contributed by atoms with Gasteiger partial charge in [-0.05, 0) is 23.1 Å². The first-order valence-corrected chi connectivity index (χ1v) is 7.23. The summed E-state index contributed by atoms with van der Waals surface area (Å²) in [7, 11) is 0. The van der Waals surface area contributed by atoms with Crippen LogP contribution in [-0.2, 0) is 11.3 Å². The van der Waals surface area contributed by atoms with Crippen molar-refractivity contribution in [3.63, 3.8) is 0 Å². The molecule has 2 amide bonds. The number of hydrogen-bond acceptors (Lipinski definition) is 2. The zero-order valence-electron chi connectivity index (χ0n) is 13.0. The molecule has 6 heteroatoms. The van der Waals surface area contributed by atoms with Crippen molar-refractivity contribution < 1.29 is 19.1 Å². The molecule has 0 spiro atoms. The molecule has 5 nitrogen and oxygen atoms in total. The number of urea groups is 1. The molecule has 22 heavy (non-hydrogen) atoms. The zero-order chi connectivity index (χ0) is 16.5. The SMILES string of the molecule is CC(C)(C)[C@@H](C(=O)O)N1CCN(Cc2cccc(F)c2)C1=O. The van der Waals surface area contributed by atoms with Crippen LogP contribution in [0, 0.1) is 11.2 Å². The Morgan fingerprint density at radius 1 is 1.36 bits per heavy atom. The van der Waals surface area contributed by atoms with Crippen molar-refractivity contribution in [3.8, 4) is 0 Å². The van der Waals surface area contributed by atoms with Crippen LogP contribution in [0.5, 0.6) is 0 Å². The predicted octanol–water partition coefficient (Wildman–Crippen LogP) is 2.56. The van der Waals surface area contributed by atoms with Gasteiger partial charge in [0, 0.05) is 19.6 Å². The maximum absolute atomic E-state index is 13.2. The third-order valence-corrected chi connectivity index (χ3v) is 3.76. The molecule has 1 atom stereocenters. The molecule has 0 saturated carbocycles. The van der Waals surface area contributed by atoms with E-state index in [2.05, 4.69) is 0 Å². The number of rotatable bonds is 4. The number of amides is 2. The third-order valence-electron chi connectivity index (χ3n) is 3.76. The van der Waals surface area contributed by atoms with Gasteiger partial charge in [0.1, 0.15) is 11.9 Å². The van der Waals surface area contributed by atoms with Gasteiger partial charge in [0.2, 0.25) is 0 Å². The van der Waals surface area contributed by atoms with Crippen LogP contribution in [0.4, 0.5) is 9.18 Å². The van der Waals surface area contributed by atoms with E-state index in [4.69, 9.17) is 0 Å². The van der Waals surface area contributed by atoms with Crippen LogP contribution in [0.2, 0.25) is 0 Å². The number of benzene rings is 1. The fourth-order valence-corrected chi connectivity index (χ4v) is 2.81. The van der Waals surface area contributed by atoms with Crippen molar-refractivity contribution in [1.29, 1.82) is 0 Å². The van der Waals surface area contributed by atoms with E-state index in [1.54, 1.807) is 37.8 Å². The van der Waals surface area contributed by atoms with Gasteiger partial charge >= 0.3 is 12.0 Å². The van der Waals surface area contributed by atoms with Gasteiger partial charge < -0.3 is 14.9 Å². The molecular weight excluding hydrogens is 287 g/mol. The van der Waals surface area contributed by atoms with Crippen LogP contribution in [0.15, 0.2) is 24.3 Å². The standard InChI is InChI=1S/C16H21FN2O3/c1-16(2,3)13(14(20)21)19-8-7-18(15(19)22)10-11-5-4-6-12(17)9-11/h4-6,9,13H,7-8,10H2,1-3H3,(H,20,21)/t13-/m1/s1. The monoisotopic (exact) mass is 308 g/mol. The van der Waals surface area contributed by atoms with E-state index in [0.717, 1.165) is 0 Å². The number of carboxylic acid groups (broad SMARTS) is 1. The molecule has 1 aliphatic rings. The summed E-state index contributed by atoms with van der Waals surface area (Å²) in [4.78, 5) is 27.0. The van der Waals surface area contributed by atoms with Gasteiger partial charge in [0.25, 0.3) is 0 Å². The normalized spacial score (nSPS) is 17.0. The van der Waals surface area contributed by atoms with E-state index in [-0.39, 0.29) is 18.4 Å². The van der Waals surface area contributed by atoms with Gasteiger partial charge in [-0.2, -0.15) is 0 Å². The maximum atomic E-state index is 13.2. The molecule has 0 bridgehead atoms. The number of carbonyl (C=O) groups excluding carboxylic acids is 1. The lowest BCUT2D eigenvalue weighted by Gasteiger charge is -2.34. The van der Waals surface area contributed by atoms with Crippen LogP contribution in [0.1, 0.15) is 26.3 Å². The number of hydrogen-bond donors (Lipinski definition) is 1. The minimum atomic E-state index is -1.01. The van der Waals surface area contributed by atoms with Gasteiger partial charge in [-0.3, -0.25) is 0 Å². The van der Waals surface area contributed by atoms with Crippen LogP contribution in [0.3, 0.4) is 0 Å². The van der Waals surface area contributed by atoms with Crippen LogP contribution < -0.4 is 0 Å². The van der Waals surface area contributed by atoms with Crippen LogP contribution in [0.25, 0.3) is 0 Å². The van der Waals surface area contributed by atoms with E-state index in [0.29, 0.717) is 18.7 Å². The quantitative estimate of drug-likeness (QED) is 0.930. The fourth-order valence-electron chi connectivity index (χ4n) is 2.81. The molecule has 1 aromatic rings. The van der Waals surface area contributed by atoms with Crippen molar-refractivity contribution in [3.05, 3.63) is 35.6 Å². The Bertz CT molecular complexity index is 583. The number of carbonyl (C=O) groups is 2. The summed E-state index contributed by atoms with van der Waals surface area (Å²) in [5, 5.41) is 9.44. The lowest BCUT2D eigenvalue weighted by molar-refractivity contribution is -0.145. The molecular formula is C16H21FN2O3. The van der Waals surface area contributed by atoms with Gasteiger partial charge in [0.05, 0.1) is 0 Å². The minimum absolute atomic E-state index is 0.281. The van der Waals surface area contributed by atoms with Crippen molar-refractivity contribution in [2.75, 3.05) is 13.1 Å². The van der Waals surface area contributed by atoms with Crippen molar-refractivity contribution >= 4 is 12.0 Å². The molecule has 1 heterocycles. The number of carboxylic acids is 1. The van der Waals surface area contributed by atoms with E-state index < -0.39 is 17.4 Å². The molecule has 0 aliphatic carbocycles. The summed E-state index contributed by atoms with van der Waals surface area (Å²) >= 11 is 0. The first-order valence-electron chi connectivity index (χ1n) is 7.23. The average molecular weight is 308 g/mol. The Labute approximate surface area is 129 Å². The average Bonchev–Trinajstić information content (AvgIpc) is 2.70. The molecule has 1 fully saturated rings. The van der Waals surface area contributed by atoms with Gasteiger partial charge in [-0.25, -0.2) is 14.0 Å². The largest absolute Gasteiger partial charge is 0.480 e. The first kappa shape index (κ1) is 16.3. The van der Waals surface area contributed by atoms with Crippen LogP contribution in [-0.4, -0.2) is 46.0 Å². The second kappa shape index (κ2) is 5.94. The minimum Gasteiger partial charge on any atom is -0.480 e. The first-order chi connectivity index (χ1) is 10.2. The van der Waals surface area contributed by atoms with Crippen molar-refractivity contribution in [2.24, 2.45) is 5.41 Å². The highest BCUT2D eigenvalue weighted by molar-refractivity contribution is 5.84. The molecule has 1 saturated heterocycles. The molecule has 0 radical (unpaired) electrons. The lowest BCUT2D eigenvalue weighted by Crippen LogP contribution is -2.50. The van der Waals surface area contributed by atoms with Gasteiger partial charge in [0.15, 0.2) is 0 Å². The zero-order valence-corrected chi connectivity index (χ0v) is 13.0. The molecule has 1 N–H and O–H groups in total. The number of nitrogens with zero attached hydrogens (tertiary/aromatic N) is 2. The Hall–Kier alpha value is -2.11. The molecule has 1 aliphatic heterocycles. The van der Waals surface area contributed by atoms with Crippen LogP contribution >= 0.6 is 0 Å². The van der Waals surface area contributed by atoms with E-state index in [1.165, 1.54) is 17.0 Å². The van der Waals surface area contributed by atoms with E-state index >= 15 is 0 Å². The smallest absolute Gasteiger partial charge is 0.327 e. The summed E-state index contributed by atoms with van der Waals surface area (Å²) in [5.41, 5.74) is 0.133. The number of halogens is 1. The second-order valence-corrected chi connectivity index (χ2v) is 6.63.